The summed E-state index contributed by atoms with van der Waals surface area (Å²) in [5.74, 6) is 0. The molecule has 0 saturated carbocycles. The number of hydrogen-bond acceptors (Lipinski definition) is 2. The van der Waals surface area contributed by atoms with Crippen LogP contribution in [0.3, 0.4) is 0 Å². The minimum atomic E-state index is 0.200. The van der Waals surface area contributed by atoms with E-state index in [-0.39, 0.29) is 6.04 Å². The van der Waals surface area contributed by atoms with Crippen LogP contribution in [0.4, 0.5) is 0 Å². The Morgan fingerprint density at radius 2 is 1.90 bits per heavy atom. The van der Waals surface area contributed by atoms with Gasteiger partial charge in [-0.25, -0.2) is 0 Å². The summed E-state index contributed by atoms with van der Waals surface area (Å²) in [6.45, 7) is 2.91. The first-order valence-corrected chi connectivity index (χ1v) is 6.94. The molecule has 0 spiro atoms. The van der Waals surface area contributed by atoms with Gasteiger partial charge in [0.25, 0.3) is 0 Å². The highest BCUT2D eigenvalue weighted by Gasteiger charge is 2.04. The van der Waals surface area contributed by atoms with Crippen molar-refractivity contribution >= 4 is 10.9 Å². The average Bonchev–Trinajstić information content (AvgIpc) is 2.82. The Morgan fingerprint density at radius 3 is 2.65 bits per heavy atom. The molecule has 2 N–H and O–H groups in total. The van der Waals surface area contributed by atoms with Crippen molar-refractivity contribution in [3.05, 3.63) is 66.1 Å². The molecule has 102 valence electrons. The summed E-state index contributed by atoms with van der Waals surface area (Å²) in [6.07, 6.45) is 6.73. The minimum Gasteiger partial charge on any atom is -0.343 e. The minimum absolute atomic E-state index is 0.200. The number of aromatic nitrogens is 2. The monoisotopic (exact) mass is 265 g/mol. The van der Waals surface area contributed by atoms with Crippen molar-refractivity contribution in [3.63, 3.8) is 0 Å². The molecule has 1 aromatic carbocycles. The molecular formula is C17H19N3. The third-order valence-corrected chi connectivity index (χ3v) is 3.50. The molecule has 0 fully saturated rings. The molecule has 0 saturated heterocycles. The van der Waals surface area contributed by atoms with Crippen LogP contribution in [0.5, 0.6) is 0 Å². The van der Waals surface area contributed by atoms with E-state index in [0.717, 1.165) is 13.0 Å². The first kappa shape index (κ1) is 12.9. The molecule has 0 amide bonds. The lowest BCUT2D eigenvalue weighted by Crippen LogP contribution is -2.17. The van der Waals surface area contributed by atoms with Gasteiger partial charge in [-0.2, -0.15) is 0 Å². The van der Waals surface area contributed by atoms with Gasteiger partial charge in [0.05, 0.1) is 0 Å². The maximum atomic E-state index is 5.86. The number of benzene rings is 1. The van der Waals surface area contributed by atoms with Crippen molar-refractivity contribution in [1.82, 2.24) is 9.55 Å². The van der Waals surface area contributed by atoms with Gasteiger partial charge in [-0.15, -0.1) is 0 Å². The molecule has 0 aliphatic heterocycles. The molecule has 0 aliphatic carbocycles. The van der Waals surface area contributed by atoms with Crippen LogP contribution in [-0.2, 0) is 13.0 Å². The summed E-state index contributed by atoms with van der Waals surface area (Å²) < 4.78 is 2.26. The third-order valence-electron chi connectivity index (χ3n) is 3.50. The topological polar surface area (TPSA) is 43.8 Å². The molecule has 0 bridgehead atoms. The van der Waals surface area contributed by atoms with Gasteiger partial charge in [-0.3, -0.25) is 4.98 Å². The summed E-state index contributed by atoms with van der Waals surface area (Å²) in [5.41, 5.74) is 9.69. The van der Waals surface area contributed by atoms with E-state index in [0.29, 0.717) is 0 Å². The number of nitrogens with two attached hydrogens (primary N) is 1. The quantitative estimate of drug-likeness (QED) is 0.788. The van der Waals surface area contributed by atoms with Crippen molar-refractivity contribution in [2.24, 2.45) is 5.73 Å². The molecule has 0 aliphatic rings. The van der Waals surface area contributed by atoms with Crippen molar-refractivity contribution in [1.29, 1.82) is 0 Å². The molecule has 3 aromatic rings. The summed E-state index contributed by atoms with van der Waals surface area (Å²) in [7, 11) is 0. The van der Waals surface area contributed by atoms with E-state index in [1.165, 1.54) is 22.0 Å². The molecule has 2 aromatic heterocycles. The molecule has 1 unspecified atom stereocenters. The van der Waals surface area contributed by atoms with Gasteiger partial charge < -0.3 is 10.3 Å². The smallest absolute Gasteiger partial charge is 0.0483 e. The van der Waals surface area contributed by atoms with Crippen LogP contribution in [0.2, 0.25) is 0 Å². The highest BCUT2D eigenvalue weighted by molar-refractivity contribution is 5.81. The predicted octanol–water partition coefficient (Wildman–Crippen LogP) is 2.97. The largest absolute Gasteiger partial charge is 0.343 e. The zero-order chi connectivity index (χ0) is 13.9. The van der Waals surface area contributed by atoms with Gasteiger partial charge in [0.2, 0.25) is 0 Å². The summed E-state index contributed by atoms with van der Waals surface area (Å²) in [6, 6.07) is 13.1. The second-order valence-corrected chi connectivity index (χ2v) is 5.37. The van der Waals surface area contributed by atoms with Gasteiger partial charge in [-0.05, 0) is 60.2 Å². The van der Waals surface area contributed by atoms with Gasteiger partial charge >= 0.3 is 0 Å². The Kier molecular flexibility index (Phi) is 3.52. The summed E-state index contributed by atoms with van der Waals surface area (Å²) in [5, 5.41) is 1.28. The normalized spacial score (nSPS) is 12.7. The summed E-state index contributed by atoms with van der Waals surface area (Å²) >= 11 is 0. The maximum Gasteiger partial charge on any atom is 0.0483 e. The van der Waals surface area contributed by atoms with Crippen LogP contribution in [0.15, 0.2) is 55.0 Å². The van der Waals surface area contributed by atoms with Gasteiger partial charge in [0.1, 0.15) is 0 Å². The highest BCUT2D eigenvalue weighted by Crippen LogP contribution is 2.19. The van der Waals surface area contributed by atoms with Crippen molar-refractivity contribution < 1.29 is 0 Å². The van der Waals surface area contributed by atoms with Gasteiger partial charge in [0, 0.05) is 36.7 Å². The molecule has 3 nitrogen and oxygen atoms in total. The van der Waals surface area contributed by atoms with Crippen molar-refractivity contribution in [2.75, 3.05) is 0 Å². The first-order valence-electron chi connectivity index (χ1n) is 6.94. The van der Waals surface area contributed by atoms with E-state index in [4.69, 9.17) is 5.73 Å². The van der Waals surface area contributed by atoms with Crippen LogP contribution < -0.4 is 5.73 Å². The van der Waals surface area contributed by atoms with E-state index >= 15 is 0 Å². The van der Waals surface area contributed by atoms with Crippen molar-refractivity contribution in [2.45, 2.75) is 25.9 Å². The highest BCUT2D eigenvalue weighted by atomic mass is 14.9. The third kappa shape index (κ3) is 2.73. The molecular weight excluding hydrogens is 246 g/mol. The number of nitrogens with zero attached hydrogens (tertiary/aromatic N) is 2. The van der Waals surface area contributed by atoms with E-state index in [1.54, 1.807) is 0 Å². The number of fused-ring (bicyclic) bond motifs is 1. The van der Waals surface area contributed by atoms with Crippen LogP contribution in [0.25, 0.3) is 10.9 Å². The van der Waals surface area contributed by atoms with Crippen LogP contribution in [0, 0.1) is 0 Å². The number of rotatable bonds is 4. The fraction of sp³-hybridized carbons (Fsp3) is 0.235. The fourth-order valence-corrected chi connectivity index (χ4v) is 2.57. The molecule has 2 heterocycles. The Morgan fingerprint density at radius 1 is 1.10 bits per heavy atom. The SMILES string of the molecule is CC(N)Cc1ccc2c(ccn2Cc2ccncc2)c1. The Bertz CT molecular complexity index is 699. The standard InChI is InChI=1S/C17H19N3/c1-13(18)10-15-2-3-17-16(11-15)6-9-20(17)12-14-4-7-19-8-5-14/h2-9,11,13H,10,12,18H2,1H3. The molecule has 3 heteroatoms. The van der Waals surface area contributed by atoms with E-state index in [1.807, 2.05) is 19.3 Å². The second kappa shape index (κ2) is 5.47. The van der Waals surface area contributed by atoms with E-state index < -0.39 is 0 Å². The lowest BCUT2D eigenvalue weighted by Gasteiger charge is -2.08. The zero-order valence-electron chi connectivity index (χ0n) is 11.7. The number of pyridine rings is 1. The van der Waals surface area contributed by atoms with Crippen LogP contribution in [-0.4, -0.2) is 15.6 Å². The van der Waals surface area contributed by atoms with Gasteiger partial charge in [0.15, 0.2) is 0 Å². The number of hydrogen-bond donors (Lipinski definition) is 1. The maximum absolute atomic E-state index is 5.86. The lowest BCUT2D eigenvalue weighted by atomic mass is 10.1. The lowest BCUT2D eigenvalue weighted by molar-refractivity contribution is 0.738. The fourth-order valence-electron chi connectivity index (χ4n) is 2.57. The van der Waals surface area contributed by atoms with Crippen LogP contribution >= 0.6 is 0 Å². The molecule has 0 radical (unpaired) electrons. The second-order valence-electron chi connectivity index (χ2n) is 5.37. The molecule has 1 atom stereocenters. The van der Waals surface area contributed by atoms with Crippen molar-refractivity contribution in [3.8, 4) is 0 Å². The average molecular weight is 265 g/mol. The molecule has 3 rings (SSSR count). The predicted molar refractivity (Wildman–Crippen MR) is 82.6 cm³/mol. The Labute approximate surface area is 119 Å². The van der Waals surface area contributed by atoms with E-state index in [2.05, 4.69) is 52.1 Å². The summed E-state index contributed by atoms with van der Waals surface area (Å²) in [4.78, 5) is 4.06. The Balaban J connectivity index is 1.90. The van der Waals surface area contributed by atoms with Gasteiger partial charge in [-0.1, -0.05) is 6.07 Å². The van der Waals surface area contributed by atoms with Crippen LogP contribution in [0.1, 0.15) is 18.1 Å². The first-order chi connectivity index (χ1) is 9.72. The van der Waals surface area contributed by atoms with E-state index in [9.17, 15) is 0 Å². The molecule has 20 heavy (non-hydrogen) atoms. The Hall–Kier alpha value is -2.13. The zero-order valence-corrected chi connectivity index (χ0v) is 11.7.